The van der Waals surface area contributed by atoms with Crippen molar-refractivity contribution in [3.8, 4) is 5.75 Å². The van der Waals surface area contributed by atoms with Crippen molar-refractivity contribution in [2.75, 3.05) is 26.2 Å². The van der Waals surface area contributed by atoms with Crippen LogP contribution in [-0.2, 0) is 0 Å². The molecule has 1 N–H and O–H groups in total. The first-order valence-electron chi connectivity index (χ1n) is 11.0. The third kappa shape index (κ3) is 5.60. The molecule has 0 unspecified atom stereocenters. The smallest absolute Gasteiger partial charge is 0.290 e. The summed E-state index contributed by atoms with van der Waals surface area (Å²) in [5.41, 5.74) is 0.896. The minimum Gasteiger partial charge on any atom is -0.492 e. The quantitative estimate of drug-likeness (QED) is 0.765. The van der Waals surface area contributed by atoms with Gasteiger partial charge in [0.05, 0.1) is 5.69 Å². The molecule has 1 aromatic carbocycles. The molecule has 2 fully saturated rings. The molecule has 1 aliphatic carbocycles. The van der Waals surface area contributed by atoms with E-state index in [1.807, 2.05) is 36.4 Å². The van der Waals surface area contributed by atoms with E-state index in [1.54, 1.807) is 0 Å². The molecule has 1 saturated heterocycles. The molecule has 1 atom stereocenters. The van der Waals surface area contributed by atoms with Crippen molar-refractivity contribution < 1.29 is 14.1 Å². The van der Waals surface area contributed by atoms with E-state index in [-0.39, 0.29) is 11.9 Å². The average molecular weight is 398 g/mol. The maximum atomic E-state index is 12.5. The topological polar surface area (TPSA) is 67.6 Å². The number of ether oxygens (including phenoxy) is 1. The molecule has 0 radical (unpaired) electrons. The van der Waals surface area contributed by atoms with Crippen molar-refractivity contribution in [2.24, 2.45) is 0 Å². The van der Waals surface area contributed by atoms with Gasteiger partial charge in [-0.25, -0.2) is 0 Å². The van der Waals surface area contributed by atoms with Crippen molar-refractivity contribution in [1.29, 1.82) is 0 Å². The number of para-hydroxylation sites is 1. The Kier molecular flexibility index (Phi) is 6.83. The van der Waals surface area contributed by atoms with E-state index < -0.39 is 0 Å². The fourth-order valence-electron chi connectivity index (χ4n) is 4.40. The Labute approximate surface area is 172 Å². The van der Waals surface area contributed by atoms with Gasteiger partial charge in [-0.05, 0) is 44.4 Å². The van der Waals surface area contributed by atoms with Gasteiger partial charge in [0.2, 0.25) is 5.76 Å². The van der Waals surface area contributed by atoms with Crippen LogP contribution in [-0.4, -0.2) is 48.2 Å². The highest BCUT2D eigenvalue weighted by atomic mass is 16.5. The first kappa shape index (κ1) is 20.0. The summed E-state index contributed by atoms with van der Waals surface area (Å²) in [6, 6.07) is 12.0. The Morgan fingerprint density at radius 2 is 1.97 bits per heavy atom. The summed E-state index contributed by atoms with van der Waals surface area (Å²) >= 11 is 0. The van der Waals surface area contributed by atoms with E-state index in [0.29, 0.717) is 18.3 Å². The van der Waals surface area contributed by atoms with Gasteiger partial charge in [-0.3, -0.25) is 9.69 Å². The van der Waals surface area contributed by atoms with Crippen LogP contribution in [0.3, 0.4) is 0 Å². The van der Waals surface area contributed by atoms with Gasteiger partial charge >= 0.3 is 0 Å². The number of likely N-dealkylation sites (tertiary alicyclic amines) is 1. The van der Waals surface area contributed by atoms with Gasteiger partial charge in [0.25, 0.3) is 5.91 Å². The lowest BCUT2D eigenvalue weighted by Gasteiger charge is -2.31. The number of hydrogen-bond donors (Lipinski definition) is 1. The van der Waals surface area contributed by atoms with E-state index in [9.17, 15) is 4.79 Å². The molecular formula is C23H31N3O3. The number of nitrogens with one attached hydrogen (secondary N) is 1. The predicted octanol–water partition coefficient (Wildman–Crippen LogP) is 4.00. The molecule has 2 aromatic rings. The summed E-state index contributed by atoms with van der Waals surface area (Å²) in [6.07, 6.45) is 7.98. The summed E-state index contributed by atoms with van der Waals surface area (Å²) in [7, 11) is 0. The number of piperidine rings is 1. The molecule has 1 saturated carbocycles. The third-order valence-electron chi connectivity index (χ3n) is 6.04. The molecule has 4 rings (SSSR count). The average Bonchev–Trinajstić information content (AvgIpc) is 3.26. The van der Waals surface area contributed by atoms with E-state index in [0.717, 1.165) is 56.8 Å². The van der Waals surface area contributed by atoms with Crippen LogP contribution in [0.15, 0.2) is 40.9 Å². The Morgan fingerprint density at radius 1 is 1.14 bits per heavy atom. The molecule has 0 spiro atoms. The lowest BCUT2D eigenvalue weighted by atomic mass is 9.94. The summed E-state index contributed by atoms with van der Waals surface area (Å²) in [6.45, 7) is 3.55. The van der Waals surface area contributed by atoms with Crippen LogP contribution >= 0.6 is 0 Å². The van der Waals surface area contributed by atoms with E-state index in [4.69, 9.17) is 9.26 Å². The molecule has 0 bridgehead atoms. The maximum absolute atomic E-state index is 12.5. The molecule has 1 aliphatic heterocycles. The van der Waals surface area contributed by atoms with Crippen LogP contribution in [0.25, 0.3) is 0 Å². The summed E-state index contributed by atoms with van der Waals surface area (Å²) in [4.78, 5) is 14.9. The zero-order valence-electron chi connectivity index (χ0n) is 17.0. The number of amides is 1. The number of rotatable bonds is 7. The monoisotopic (exact) mass is 397 g/mol. The molecule has 29 heavy (non-hydrogen) atoms. The second-order valence-electron chi connectivity index (χ2n) is 8.23. The second kappa shape index (κ2) is 9.92. The van der Waals surface area contributed by atoms with Crippen molar-refractivity contribution in [3.63, 3.8) is 0 Å². The van der Waals surface area contributed by atoms with Gasteiger partial charge in [0.1, 0.15) is 12.4 Å². The number of carbonyl (C=O) groups excluding carboxylic acids is 1. The minimum atomic E-state index is -0.125. The van der Waals surface area contributed by atoms with E-state index in [1.165, 1.54) is 19.3 Å². The van der Waals surface area contributed by atoms with E-state index >= 15 is 0 Å². The maximum Gasteiger partial charge on any atom is 0.290 e. The zero-order chi connectivity index (χ0) is 19.9. The number of hydrogen-bond acceptors (Lipinski definition) is 5. The highest BCUT2D eigenvalue weighted by Crippen LogP contribution is 2.27. The largest absolute Gasteiger partial charge is 0.492 e. The molecule has 156 valence electrons. The molecule has 1 aromatic heterocycles. The van der Waals surface area contributed by atoms with Crippen LogP contribution in [0.1, 0.15) is 67.1 Å². The lowest BCUT2D eigenvalue weighted by molar-refractivity contribution is 0.0890. The zero-order valence-corrected chi connectivity index (χ0v) is 17.0. The Bertz CT molecular complexity index is 771. The number of carbonyl (C=O) groups is 1. The van der Waals surface area contributed by atoms with Crippen LogP contribution in [0.4, 0.5) is 0 Å². The Hall–Kier alpha value is -2.34. The van der Waals surface area contributed by atoms with Crippen molar-refractivity contribution in [1.82, 2.24) is 15.4 Å². The fourth-order valence-corrected chi connectivity index (χ4v) is 4.40. The first-order chi connectivity index (χ1) is 14.3. The molecule has 6 heteroatoms. The summed E-state index contributed by atoms with van der Waals surface area (Å²) in [5.74, 6) is 1.43. The Morgan fingerprint density at radius 3 is 2.79 bits per heavy atom. The normalized spacial score (nSPS) is 21.0. The van der Waals surface area contributed by atoms with Gasteiger partial charge in [-0.15, -0.1) is 0 Å². The third-order valence-corrected chi connectivity index (χ3v) is 6.04. The summed E-state index contributed by atoms with van der Waals surface area (Å²) < 4.78 is 11.2. The Balaban J connectivity index is 1.26. The predicted molar refractivity (Wildman–Crippen MR) is 111 cm³/mol. The van der Waals surface area contributed by atoms with E-state index in [2.05, 4.69) is 15.4 Å². The van der Waals surface area contributed by atoms with Crippen LogP contribution in [0.5, 0.6) is 5.75 Å². The number of nitrogens with zero attached hydrogens (tertiary/aromatic N) is 2. The van der Waals surface area contributed by atoms with Gasteiger partial charge in [0.15, 0.2) is 0 Å². The standard InChI is InChI=1S/C23H31N3O3/c27-23(24-19-9-3-1-4-10-19)22-16-21(25-29-22)18-8-7-13-26(17-18)14-15-28-20-11-5-2-6-12-20/h2,5-6,11-12,16,18-19H,1,3-4,7-10,13-15,17H2,(H,24,27)/t18-/m0/s1. The highest BCUT2D eigenvalue weighted by molar-refractivity contribution is 5.91. The molecule has 6 nitrogen and oxygen atoms in total. The van der Waals surface area contributed by atoms with Crippen LogP contribution in [0, 0.1) is 0 Å². The van der Waals surface area contributed by atoms with Gasteiger partial charge in [-0.1, -0.05) is 42.6 Å². The van der Waals surface area contributed by atoms with Crippen molar-refractivity contribution in [2.45, 2.75) is 56.9 Å². The lowest BCUT2D eigenvalue weighted by Crippen LogP contribution is -2.37. The molecule has 2 heterocycles. The second-order valence-corrected chi connectivity index (χ2v) is 8.23. The number of benzene rings is 1. The number of aromatic nitrogens is 1. The first-order valence-corrected chi connectivity index (χ1v) is 11.0. The van der Waals surface area contributed by atoms with Gasteiger partial charge < -0.3 is 14.6 Å². The highest BCUT2D eigenvalue weighted by Gasteiger charge is 2.26. The fraction of sp³-hybridized carbons (Fsp3) is 0.565. The van der Waals surface area contributed by atoms with Gasteiger partial charge in [0, 0.05) is 31.1 Å². The van der Waals surface area contributed by atoms with Gasteiger partial charge in [-0.2, -0.15) is 0 Å². The van der Waals surface area contributed by atoms with Crippen LogP contribution < -0.4 is 10.1 Å². The molecule has 1 amide bonds. The molecular weight excluding hydrogens is 366 g/mol. The van der Waals surface area contributed by atoms with Crippen molar-refractivity contribution >= 4 is 5.91 Å². The SMILES string of the molecule is O=C(NC1CCCCC1)c1cc([C@H]2CCCN(CCOc3ccccc3)C2)no1. The van der Waals surface area contributed by atoms with Crippen molar-refractivity contribution in [3.05, 3.63) is 47.9 Å². The minimum absolute atomic E-state index is 0.125. The summed E-state index contributed by atoms with van der Waals surface area (Å²) in [5, 5.41) is 7.33. The molecule has 2 aliphatic rings. The van der Waals surface area contributed by atoms with Crippen LogP contribution in [0.2, 0.25) is 0 Å².